The Morgan fingerprint density at radius 1 is 1.09 bits per heavy atom. The Balaban J connectivity index is 1.66. The molecule has 0 spiro atoms. The molecular formula is C18H18O4. The van der Waals surface area contributed by atoms with Gasteiger partial charge in [0.15, 0.2) is 0 Å². The summed E-state index contributed by atoms with van der Waals surface area (Å²) in [4.78, 5) is 11.1. The summed E-state index contributed by atoms with van der Waals surface area (Å²) in [6.07, 6.45) is 0.425. The van der Waals surface area contributed by atoms with Crippen LogP contribution in [0.15, 0.2) is 54.6 Å². The molecule has 0 aliphatic carbocycles. The minimum atomic E-state index is -0.443. The van der Waals surface area contributed by atoms with Crippen molar-refractivity contribution in [2.75, 3.05) is 0 Å². The van der Waals surface area contributed by atoms with Crippen molar-refractivity contribution in [2.45, 2.75) is 32.2 Å². The van der Waals surface area contributed by atoms with Crippen molar-refractivity contribution >= 4 is 5.97 Å². The first-order chi connectivity index (χ1) is 10.7. The standard InChI is InChI=1S/C18H18O4/c1-13(20-18-11-10-17(19)22-18)14-6-5-9-16(12-14)21-15-7-3-2-4-8-15/h2-9,12-13,18H,10-11H2,1H3. The van der Waals surface area contributed by atoms with E-state index in [1.165, 1.54) is 0 Å². The molecule has 3 rings (SSSR count). The van der Waals surface area contributed by atoms with E-state index < -0.39 is 6.29 Å². The minimum Gasteiger partial charge on any atom is -0.457 e. The number of para-hydroxylation sites is 1. The van der Waals surface area contributed by atoms with Crippen LogP contribution in [-0.4, -0.2) is 12.3 Å². The Bertz CT molecular complexity index is 639. The number of cyclic esters (lactones) is 1. The van der Waals surface area contributed by atoms with Gasteiger partial charge in [-0.05, 0) is 36.8 Å². The third kappa shape index (κ3) is 3.65. The van der Waals surface area contributed by atoms with Crippen molar-refractivity contribution in [2.24, 2.45) is 0 Å². The number of carbonyl (C=O) groups is 1. The highest BCUT2D eigenvalue weighted by atomic mass is 16.7. The summed E-state index contributed by atoms with van der Waals surface area (Å²) < 4.78 is 16.7. The maximum absolute atomic E-state index is 11.1. The van der Waals surface area contributed by atoms with Gasteiger partial charge in [0.05, 0.1) is 12.5 Å². The fraction of sp³-hybridized carbons (Fsp3) is 0.278. The Hall–Kier alpha value is -2.33. The highest BCUT2D eigenvalue weighted by Gasteiger charge is 2.26. The molecule has 1 aliphatic rings. The fourth-order valence-electron chi connectivity index (χ4n) is 2.36. The molecule has 1 heterocycles. The van der Waals surface area contributed by atoms with Gasteiger partial charge < -0.3 is 14.2 Å². The summed E-state index contributed by atoms with van der Waals surface area (Å²) in [6, 6.07) is 17.4. The van der Waals surface area contributed by atoms with E-state index >= 15 is 0 Å². The molecule has 0 aromatic heterocycles. The monoisotopic (exact) mass is 298 g/mol. The Kier molecular flexibility index (Phi) is 4.39. The van der Waals surface area contributed by atoms with E-state index in [0.29, 0.717) is 12.8 Å². The summed E-state index contributed by atoms with van der Waals surface area (Å²) >= 11 is 0. The maximum atomic E-state index is 11.1. The van der Waals surface area contributed by atoms with E-state index in [2.05, 4.69) is 0 Å². The Labute approximate surface area is 129 Å². The average Bonchev–Trinajstić information content (AvgIpc) is 2.93. The van der Waals surface area contributed by atoms with Crippen molar-refractivity contribution in [3.8, 4) is 11.5 Å². The third-order valence-corrected chi connectivity index (χ3v) is 3.51. The number of benzene rings is 2. The topological polar surface area (TPSA) is 44.8 Å². The summed E-state index contributed by atoms with van der Waals surface area (Å²) in [6.45, 7) is 1.94. The van der Waals surface area contributed by atoms with Crippen LogP contribution in [0.5, 0.6) is 11.5 Å². The molecule has 0 radical (unpaired) electrons. The minimum absolute atomic E-state index is 0.171. The number of ether oxygens (including phenoxy) is 3. The number of carbonyl (C=O) groups excluding carboxylic acids is 1. The normalized spacial score (nSPS) is 18.8. The van der Waals surface area contributed by atoms with E-state index in [-0.39, 0.29) is 12.1 Å². The molecule has 2 atom stereocenters. The van der Waals surface area contributed by atoms with Gasteiger partial charge in [0, 0.05) is 6.42 Å². The molecule has 2 aromatic rings. The lowest BCUT2D eigenvalue weighted by Crippen LogP contribution is -2.14. The van der Waals surface area contributed by atoms with Crippen molar-refractivity contribution in [3.05, 3.63) is 60.2 Å². The van der Waals surface area contributed by atoms with Crippen LogP contribution in [0.1, 0.15) is 31.4 Å². The van der Waals surface area contributed by atoms with E-state index in [0.717, 1.165) is 17.1 Å². The molecule has 2 unspecified atom stereocenters. The van der Waals surface area contributed by atoms with Crippen LogP contribution in [0.3, 0.4) is 0 Å². The van der Waals surface area contributed by atoms with E-state index in [1.54, 1.807) is 0 Å². The van der Waals surface area contributed by atoms with Gasteiger partial charge in [-0.15, -0.1) is 0 Å². The molecule has 0 amide bonds. The first kappa shape index (κ1) is 14.6. The number of hydrogen-bond acceptors (Lipinski definition) is 4. The lowest BCUT2D eigenvalue weighted by Gasteiger charge is -2.18. The van der Waals surface area contributed by atoms with Crippen molar-refractivity contribution in [1.82, 2.24) is 0 Å². The van der Waals surface area contributed by atoms with Gasteiger partial charge in [-0.25, -0.2) is 0 Å². The molecule has 4 heteroatoms. The van der Waals surface area contributed by atoms with Gasteiger partial charge in [-0.3, -0.25) is 4.79 Å². The zero-order chi connectivity index (χ0) is 15.4. The van der Waals surface area contributed by atoms with Gasteiger partial charge in [0.25, 0.3) is 0 Å². The zero-order valence-electron chi connectivity index (χ0n) is 12.4. The predicted octanol–water partition coefficient (Wildman–Crippen LogP) is 4.22. The summed E-state index contributed by atoms with van der Waals surface area (Å²) in [5, 5.41) is 0. The Morgan fingerprint density at radius 2 is 1.86 bits per heavy atom. The summed E-state index contributed by atoms with van der Waals surface area (Å²) in [5.74, 6) is 1.35. The molecular weight excluding hydrogens is 280 g/mol. The van der Waals surface area contributed by atoms with Crippen molar-refractivity contribution in [3.63, 3.8) is 0 Å². The number of rotatable bonds is 5. The highest BCUT2D eigenvalue weighted by Crippen LogP contribution is 2.28. The first-order valence-electron chi connectivity index (χ1n) is 7.38. The van der Waals surface area contributed by atoms with Gasteiger partial charge in [0.1, 0.15) is 11.5 Å². The van der Waals surface area contributed by atoms with Crippen molar-refractivity contribution in [1.29, 1.82) is 0 Å². The van der Waals surface area contributed by atoms with E-state index in [1.807, 2.05) is 61.5 Å². The molecule has 22 heavy (non-hydrogen) atoms. The maximum Gasteiger partial charge on any atom is 0.308 e. The molecule has 0 N–H and O–H groups in total. The molecule has 1 fully saturated rings. The molecule has 1 aliphatic heterocycles. The smallest absolute Gasteiger partial charge is 0.308 e. The molecule has 2 aromatic carbocycles. The Morgan fingerprint density at radius 3 is 2.59 bits per heavy atom. The van der Waals surface area contributed by atoms with Crippen LogP contribution in [0.25, 0.3) is 0 Å². The van der Waals surface area contributed by atoms with Crippen LogP contribution in [-0.2, 0) is 14.3 Å². The second-order valence-corrected chi connectivity index (χ2v) is 5.22. The van der Waals surface area contributed by atoms with Gasteiger partial charge >= 0.3 is 5.97 Å². The zero-order valence-corrected chi connectivity index (χ0v) is 12.4. The van der Waals surface area contributed by atoms with Gasteiger partial charge in [0.2, 0.25) is 6.29 Å². The van der Waals surface area contributed by atoms with E-state index in [4.69, 9.17) is 14.2 Å². The lowest BCUT2D eigenvalue weighted by molar-refractivity contribution is -0.171. The van der Waals surface area contributed by atoms with Crippen molar-refractivity contribution < 1.29 is 19.0 Å². The van der Waals surface area contributed by atoms with Crippen LogP contribution >= 0.6 is 0 Å². The van der Waals surface area contributed by atoms with Gasteiger partial charge in [-0.2, -0.15) is 0 Å². The fourth-order valence-corrected chi connectivity index (χ4v) is 2.36. The number of hydrogen-bond donors (Lipinski definition) is 0. The predicted molar refractivity (Wildman–Crippen MR) is 81.6 cm³/mol. The van der Waals surface area contributed by atoms with Crippen LogP contribution < -0.4 is 4.74 Å². The quantitative estimate of drug-likeness (QED) is 0.775. The molecule has 0 bridgehead atoms. The average molecular weight is 298 g/mol. The van der Waals surface area contributed by atoms with Gasteiger partial charge in [-0.1, -0.05) is 30.3 Å². The molecule has 1 saturated heterocycles. The molecule has 4 nitrogen and oxygen atoms in total. The van der Waals surface area contributed by atoms with Crippen LogP contribution in [0.4, 0.5) is 0 Å². The van der Waals surface area contributed by atoms with Crippen LogP contribution in [0.2, 0.25) is 0 Å². The molecule has 0 saturated carbocycles. The van der Waals surface area contributed by atoms with E-state index in [9.17, 15) is 4.79 Å². The first-order valence-corrected chi connectivity index (χ1v) is 7.38. The number of esters is 1. The molecule has 114 valence electrons. The largest absolute Gasteiger partial charge is 0.457 e. The lowest BCUT2D eigenvalue weighted by atomic mass is 10.1. The summed E-state index contributed by atoms with van der Waals surface area (Å²) in [5.41, 5.74) is 0.983. The second kappa shape index (κ2) is 6.62. The third-order valence-electron chi connectivity index (χ3n) is 3.51. The summed E-state index contributed by atoms with van der Waals surface area (Å²) in [7, 11) is 0. The van der Waals surface area contributed by atoms with Crippen LogP contribution in [0, 0.1) is 0 Å². The second-order valence-electron chi connectivity index (χ2n) is 5.22. The highest BCUT2D eigenvalue weighted by molar-refractivity contribution is 5.71. The SMILES string of the molecule is CC(OC1CCC(=O)O1)c1cccc(Oc2ccccc2)c1.